The van der Waals surface area contributed by atoms with Gasteiger partial charge in [0, 0.05) is 6.54 Å². The first-order valence-corrected chi connectivity index (χ1v) is 5.49. The highest BCUT2D eigenvalue weighted by molar-refractivity contribution is 6.32. The number of ether oxygens (including phenoxy) is 1. The number of aliphatic hydroxyl groups is 1. The van der Waals surface area contributed by atoms with Gasteiger partial charge in [-0.15, -0.1) is 10.2 Å². The van der Waals surface area contributed by atoms with Gasteiger partial charge in [-0.05, 0) is 11.6 Å². The second-order valence-electron chi connectivity index (χ2n) is 3.30. The van der Waals surface area contributed by atoms with E-state index in [9.17, 15) is 5.11 Å². The smallest absolute Gasteiger partial charge is 0.245 e. The zero-order chi connectivity index (χ0) is 11.5. The largest absolute Gasteiger partial charge is 0.394 e. The fraction of sp³-hybridized carbons (Fsp3) is 0.625. The number of hydrogen-bond acceptors (Lipinski definition) is 6. The topological polar surface area (TPSA) is 71.4 Å². The second kappa shape index (κ2) is 5.09. The molecular weight excluding hydrogens is 255 g/mol. The van der Waals surface area contributed by atoms with E-state index in [1.165, 1.54) is 0 Å². The molecule has 2 rings (SSSR count). The SMILES string of the molecule is OCC1COCCN1c1nc(Cl)nnc1Cl. The van der Waals surface area contributed by atoms with Crippen LogP contribution in [0.15, 0.2) is 0 Å². The lowest BCUT2D eigenvalue weighted by molar-refractivity contribution is 0.0722. The number of nitrogens with zero attached hydrogens (tertiary/aromatic N) is 4. The van der Waals surface area contributed by atoms with Gasteiger partial charge in [-0.1, -0.05) is 11.6 Å². The zero-order valence-corrected chi connectivity index (χ0v) is 9.82. The molecule has 1 unspecified atom stereocenters. The van der Waals surface area contributed by atoms with Crippen LogP contribution in [0.25, 0.3) is 0 Å². The molecule has 0 spiro atoms. The van der Waals surface area contributed by atoms with Crippen LogP contribution in [0.4, 0.5) is 5.82 Å². The molecule has 1 atom stereocenters. The van der Waals surface area contributed by atoms with Crippen molar-refractivity contribution in [1.82, 2.24) is 15.2 Å². The van der Waals surface area contributed by atoms with Crippen LogP contribution in [0.2, 0.25) is 10.4 Å². The highest BCUT2D eigenvalue weighted by Crippen LogP contribution is 2.24. The van der Waals surface area contributed by atoms with Crippen molar-refractivity contribution in [3.8, 4) is 0 Å². The number of halogens is 2. The first-order valence-electron chi connectivity index (χ1n) is 4.73. The van der Waals surface area contributed by atoms with E-state index >= 15 is 0 Å². The van der Waals surface area contributed by atoms with E-state index < -0.39 is 0 Å². The molecule has 1 N–H and O–H groups in total. The van der Waals surface area contributed by atoms with Gasteiger partial charge >= 0.3 is 0 Å². The van der Waals surface area contributed by atoms with Crippen molar-refractivity contribution in [2.45, 2.75) is 6.04 Å². The van der Waals surface area contributed by atoms with Gasteiger partial charge in [-0.25, -0.2) is 0 Å². The minimum Gasteiger partial charge on any atom is -0.394 e. The number of aliphatic hydroxyl groups excluding tert-OH is 1. The number of morpholine rings is 1. The molecule has 6 nitrogen and oxygen atoms in total. The number of hydrogen-bond donors (Lipinski definition) is 1. The molecule has 0 radical (unpaired) electrons. The maximum atomic E-state index is 9.22. The number of rotatable bonds is 2. The molecular formula is C8H10Cl2N4O2. The van der Waals surface area contributed by atoms with Crippen molar-refractivity contribution >= 4 is 29.0 Å². The maximum Gasteiger partial charge on any atom is 0.245 e. The van der Waals surface area contributed by atoms with Gasteiger partial charge in [0.05, 0.1) is 25.9 Å². The van der Waals surface area contributed by atoms with E-state index in [0.29, 0.717) is 25.6 Å². The van der Waals surface area contributed by atoms with Crippen LogP contribution in [0.3, 0.4) is 0 Å². The summed E-state index contributed by atoms with van der Waals surface area (Å²) in [7, 11) is 0. The number of anilines is 1. The van der Waals surface area contributed by atoms with Gasteiger partial charge in [-0.2, -0.15) is 4.98 Å². The first kappa shape index (κ1) is 11.8. The van der Waals surface area contributed by atoms with Gasteiger partial charge < -0.3 is 14.7 Å². The Hall–Kier alpha value is -0.690. The Balaban J connectivity index is 2.30. The summed E-state index contributed by atoms with van der Waals surface area (Å²) in [6.45, 7) is 1.51. The van der Waals surface area contributed by atoms with E-state index in [4.69, 9.17) is 27.9 Å². The highest BCUT2D eigenvalue weighted by Gasteiger charge is 2.26. The van der Waals surface area contributed by atoms with Crippen molar-refractivity contribution in [1.29, 1.82) is 0 Å². The Morgan fingerprint density at radius 2 is 2.25 bits per heavy atom. The summed E-state index contributed by atoms with van der Waals surface area (Å²) < 4.78 is 5.25. The molecule has 1 aliphatic rings. The Morgan fingerprint density at radius 1 is 1.44 bits per heavy atom. The molecule has 1 aromatic rings. The predicted octanol–water partition coefficient (Wildman–Crippen LogP) is 0.376. The summed E-state index contributed by atoms with van der Waals surface area (Å²) in [5.41, 5.74) is 0. The summed E-state index contributed by atoms with van der Waals surface area (Å²) in [5.74, 6) is 0.434. The molecule has 2 heterocycles. The summed E-state index contributed by atoms with van der Waals surface area (Å²) in [4.78, 5) is 5.84. The molecule has 88 valence electrons. The van der Waals surface area contributed by atoms with Crippen molar-refractivity contribution in [2.75, 3.05) is 31.3 Å². The molecule has 8 heteroatoms. The van der Waals surface area contributed by atoms with Gasteiger partial charge in [0.2, 0.25) is 5.28 Å². The van der Waals surface area contributed by atoms with Gasteiger partial charge in [0.15, 0.2) is 11.0 Å². The van der Waals surface area contributed by atoms with Crippen LogP contribution >= 0.6 is 23.2 Å². The first-order chi connectivity index (χ1) is 7.72. The van der Waals surface area contributed by atoms with Crippen molar-refractivity contribution in [3.63, 3.8) is 0 Å². The van der Waals surface area contributed by atoms with E-state index in [2.05, 4.69) is 15.2 Å². The van der Waals surface area contributed by atoms with Crippen molar-refractivity contribution < 1.29 is 9.84 Å². The molecule has 1 aliphatic heterocycles. The molecule has 0 saturated carbocycles. The normalized spacial score (nSPS) is 21.2. The van der Waals surface area contributed by atoms with Crippen LogP contribution < -0.4 is 4.90 Å². The Kier molecular flexibility index (Phi) is 3.75. The predicted molar refractivity (Wildman–Crippen MR) is 58.9 cm³/mol. The third kappa shape index (κ3) is 2.35. The highest BCUT2D eigenvalue weighted by atomic mass is 35.5. The van der Waals surface area contributed by atoms with Gasteiger partial charge in [0.25, 0.3) is 0 Å². The van der Waals surface area contributed by atoms with Crippen molar-refractivity contribution in [2.24, 2.45) is 0 Å². The van der Waals surface area contributed by atoms with Crippen LogP contribution in [0, 0.1) is 0 Å². The molecule has 16 heavy (non-hydrogen) atoms. The van der Waals surface area contributed by atoms with Gasteiger partial charge in [-0.3, -0.25) is 0 Å². The third-order valence-electron chi connectivity index (χ3n) is 2.31. The molecule has 0 aliphatic carbocycles. The minimum atomic E-state index is -0.181. The lowest BCUT2D eigenvalue weighted by Gasteiger charge is -2.35. The van der Waals surface area contributed by atoms with Gasteiger partial charge in [0.1, 0.15) is 0 Å². The number of aromatic nitrogens is 3. The lowest BCUT2D eigenvalue weighted by Crippen LogP contribution is -2.48. The Bertz CT molecular complexity index is 379. The molecule has 0 aromatic carbocycles. The minimum absolute atomic E-state index is 0.0302. The van der Waals surface area contributed by atoms with Crippen LogP contribution in [-0.4, -0.2) is 52.7 Å². The molecule has 1 saturated heterocycles. The second-order valence-corrected chi connectivity index (χ2v) is 4.00. The summed E-state index contributed by atoms with van der Waals surface area (Å²) in [6, 6.07) is -0.181. The van der Waals surface area contributed by atoms with E-state index in [-0.39, 0.29) is 23.1 Å². The standard InChI is InChI=1S/C8H10Cl2N4O2/c9-6-7(11-8(10)13-12-6)14-1-2-16-4-5(14)3-15/h5,15H,1-4H2. The van der Waals surface area contributed by atoms with E-state index in [1.54, 1.807) is 0 Å². The molecule has 1 fully saturated rings. The summed E-state index contributed by atoms with van der Waals surface area (Å²) in [6.07, 6.45) is 0. The van der Waals surface area contributed by atoms with E-state index in [1.807, 2.05) is 4.90 Å². The maximum absolute atomic E-state index is 9.22. The zero-order valence-electron chi connectivity index (χ0n) is 8.31. The van der Waals surface area contributed by atoms with Crippen LogP contribution in [-0.2, 0) is 4.74 Å². The molecule has 1 aromatic heterocycles. The average molecular weight is 265 g/mol. The fourth-order valence-corrected chi connectivity index (χ4v) is 1.86. The fourth-order valence-electron chi connectivity index (χ4n) is 1.55. The summed E-state index contributed by atoms with van der Waals surface area (Å²) in [5, 5.41) is 16.6. The Labute approximate surface area is 102 Å². The molecule has 0 bridgehead atoms. The Morgan fingerprint density at radius 3 is 3.00 bits per heavy atom. The lowest BCUT2D eigenvalue weighted by atomic mass is 10.2. The average Bonchev–Trinajstić information content (AvgIpc) is 2.32. The monoisotopic (exact) mass is 264 g/mol. The van der Waals surface area contributed by atoms with Crippen LogP contribution in [0.1, 0.15) is 0 Å². The van der Waals surface area contributed by atoms with Crippen LogP contribution in [0.5, 0.6) is 0 Å². The summed E-state index contributed by atoms with van der Waals surface area (Å²) >= 11 is 11.6. The quantitative estimate of drug-likeness (QED) is 0.833. The molecule has 0 amide bonds. The van der Waals surface area contributed by atoms with E-state index in [0.717, 1.165) is 0 Å². The third-order valence-corrected chi connectivity index (χ3v) is 2.72. The van der Waals surface area contributed by atoms with Crippen molar-refractivity contribution in [3.05, 3.63) is 10.4 Å².